The van der Waals surface area contributed by atoms with Crippen LogP contribution in [0.3, 0.4) is 0 Å². The first-order chi connectivity index (χ1) is 17.7. The van der Waals surface area contributed by atoms with E-state index in [0.717, 1.165) is 49.4 Å². The lowest BCUT2D eigenvalue weighted by Gasteiger charge is -2.35. The van der Waals surface area contributed by atoms with Crippen LogP contribution in [0.15, 0.2) is 36.7 Å². The summed E-state index contributed by atoms with van der Waals surface area (Å²) in [6.45, 7) is 4.53. The van der Waals surface area contributed by atoms with Crippen molar-refractivity contribution < 1.29 is 0 Å². The highest BCUT2D eigenvalue weighted by Crippen LogP contribution is 2.46. The first-order valence-electron chi connectivity index (χ1n) is 15.0. The van der Waals surface area contributed by atoms with Gasteiger partial charge in [0.2, 0.25) is 0 Å². The summed E-state index contributed by atoms with van der Waals surface area (Å²) in [6.07, 6.45) is 24.1. The number of nitriles is 1. The molecule has 2 aliphatic carbocycles. The number of benzene rings is 1. The molecule has 0 atom stereocenters. The van der Waals surface area contributed by atoms with Crippen LogP contribution in [0.4, 0.5) is 0 Å². The molecule has 2 aromatic rings. The molecule has 0 aliphatic heterocycles. The van der Waals surface area contributed by atoms with E-state index in [-0.39, 0.29) is 5.41 Å². The Bertz CT molecular complexity index is 940. The first kappa shape index (κ1) is 26.8. The van der Waals surface area contributed by atoms with Gasteiger partial charge in [0.1, 0.15) is 0 Å². The van der Waals surface area contributed by atoms with Gasteiger partial charge < -0.3 is 0 Å². The molecular formula is C33H47N3. The molecule has 0 bridgehead atoms. The van der Waals surface area contributed by atoms with Crippen molar-refractivity contribution in [1.29, 1.82) is 5.26 Å². The zero-order chi connectivity index (χ0) is 25.2. The summed E-state index contributed by atoms with van der Waals surface area (Å²) < 4.78 is 0. The van der Waals surface area contributed by atoms with Gasteiger partial charge in [0.15, 0.2) is 5.82 Å². The Labute approximate surface area is 220 Å². The average molecular weight is 486 g/mol. The summed E-state index contributed by atoms with van der Waals surface area (Å²) in [5, 5.41) is 9.85. The maximum absolute atomic E-state index is 9.85. The van der Waals surface area contributed by atoms with Gasteiger partial charge in [-0.3, -0.25) is 0 Å². The molecule has 36 heavy (non-hydrogen) atoms. The molecule has 2 aliphatic rings. The summed E-state index contributed by atoms with van der Waals surface area (Å²) in [5.41, 5.74) is 3.76. The van der Waals surface area contributed by atoms with Gasteiger partial charge >= 0.3 is 0 Å². The minimum atomic E-state index is -0.0739. The molecule has 0 spiro atoms. The molecule has 0 saturated heterocycles. The van der Waals surface area contributed by atoms with Crippen LogP contribution >= 0.6 is 0 Å². The van der Waals surface area contributed by atoms with Crippen LogP contribution in [0.25, 0.3) is 11.4 Å². The molecule has 4 rings (SSSR count). The Morgan fingerprint density at radius 2 is 1.39 bits per heavy atom. The fourth-order valence-electron chi connectivity index (χ4n) is 6.70. The average Bonchev–Trinajstić information content (AvgIpc) is 2.94. The lowest BCUT2D eigenvalue weighted by atomic mass is 9.67. The smallest absolute Gasteiger partial charge is 0.159 e. The monoisotopic (exact) mass is 485 g/mol. The van der Waals surface area contributed by atoms with E-state index in [4.69, 9.17) is 9.97 Å². The van der Waals surface area contributed by atoms with Crippen molar-refractivity contribution in [3.63, 3.8) is 0 Å². The number of aromatic nitrogens is 2. The maximum atomic E-state index is 9.85. The highest BCUT2D eigenvalue weighted by Gasteiger charge is 2.35. The number of rotatable bonds is 11. The number of nitrogens with zero attached hydrogens (tertiary/aromatic N) is 3. The van der Waals surface area contributed by atoms with E-state index in [0.29, 0.717) is 11.8 Å². The topological polar surface area (TPSA) is 49.6 Å². The van der Waals surface area contributed by atoms with E-state index in [1.807, 2.05) is 0 Å². The van der Waals surface area contributed by atoms with E-state index >= 15 is 0 Å². The van der Waals surface area contributed by atoms with Gasteiger partial charge in [-0.05, 0) is 86.7 Å². The summed E-state index contributed by atoms with van der Waals surface area (Å²) in [4.78, 5) is 9.53. The molecule has 1 aromatic heterocycles. The van der Waals surface area contributed by atoms with E-state index in [1.165, 1.54) is 81.8 Å². The third-order valence-electron chi connectivity index (χ3n) is 9.28. The van der Waals surface area contributed by atoms with E-state index < -0.39 is 0 Å². The van der Waals surface area contributed by atoms with Gasteiger partial charge in [-0.15, -0.1) is 0 Å². The minimum Gasteiger partial charge on any atom is -0.236 e. The van der Waals surface area contributed by atoms with Gasteiger partial charge in [-0.25, -0.2) is 9.97 Å². The largest absolute Gasteiger partial charge is 0.236 e. The molecule has 2 fully saturated rings. The van der Waals surface area contributed by atoms with Gasteiger partial charge in [-0.1, -0.05) is 83.1 Å². The van der Waals surface area contributed by atoms with Crippen molar-refractivity contribution in [2.75, 3.05) is 0 Å². The third-order valence-corrected chi connectivity index (χ3v) is 9.28. The Morgan fingerprint density at radius 1 is 0.778 bits per heavy atom. The zero-order valence-electron chi connectivity index (χ0n) is 22.9. The van der Waals surface area contributed by atoms with Gasteiger partial charge in [-0.2, -0.15) is 5.26 Å². The van der Waals surface area contributed by atoms with Crippen LogP contribution in [0.5, 0.6) is 0 Å². The van der Waals surface area contributed by atoms with Crippen molar-refractivity contribution >= 4 is 0 Å². The van der Waals surface area contributed by atoms with Crippen LogP contribution < -0.4 is 0 Å². The Kier molecular flexibility index (Phi) is 9.97. The number of hydrogen-bond acceptors (Lipinski definition) is 3. The number of hydrogen-bond donors (Lipinski definition) is 0. The summed E-state index contributed by atoms with van der Waals surface area (Å²) in [7, 11) is 0. The van der Waals surface area contributed by atoms with Crippen molar-refractivity contribution in [3.8, 4) is 17.5 Å². The fourth-order valence-corrected chi connectivity index (χ4v) is 6.70. The molecule has 1 aromatic carbocycles. The molecule has 0 N–H and O–H groups in total. The molecule has 0 unspecified atom stereocenters. The van der Waals surface area contributed by atoms with Crippen LogP contribution in [-0.4, -0.2) is 9.97 Å². The zero-order valence-corrected chi connectivity index (χ0v) is 22.9. The lowest BCUT2D eigenvalue weighted by Crippen LogP contribution is -2.25. The Hall–Kier alpha value is -2.21. The van der Waals surface area contributed by atoms with E-state index in [1.54, 1.807) is 0 Å². The normalized spacial score (nSPS) is 26.4. The second-order valence-electron chi connectivity index (χ2n) is 11.8. The summed E-state index contributed by atoms with van der Waals surface area (Å²) >= 11 is 0. The quantitative estimate of drug-likeness (QED) is 0.298. The molecule has 1 heterocycles. The third kappa shape index (κ3) is 6.96. The number of unbranched alkanes of at least 4 members (excludes halogenated alkanes) is 4. The molecule has 3 heteroatoms. The van der Waals surface area contributed by atoms with Crippen LogP contribution in [0, 0.1) is 22.7 Å². The fraction of sp³-hybridized carbons (Fsp3) is 0.667. The van der Waals surface area contributed by atoms with Gasteiger partial charge in [0.05, 0.1) is 11.5 Å². The molecule has 194 valence electrons. The van der Waals surface area contributed by atoms with E-state index in [9.17, 15) is 5.26 Å². The molecule has 2 saturated carbocycles. The lowest BCUT2D eigenvalue weighted by molar-refractivity contribution is 0.223. The highest BCUT2D eigenvalue weighted by atomic mass is 14.9. The summed E-state index contributed by atoms with van der Waals surface area (Å²) in [5.74, 6) is 2.99. The van der Waals surface area contributed by atoms with Gasteiger partial charge in [0, 0.05) is 18.0 Å². The van der Waals surface area contributed by atoms with Crippen molar-refractivity contribution in [3.05, 3.63) is 47.8 Å². The molecular weight excluding hydrogens is 438 g/mol. The van der Waals surface area contributed by atoms with Crippen LogP contribution in [0.2, 0.25) is 0 Å². The Morgan fingerprint density at radius 3 is 2.00 bits per heavy atom. The Balaban J connectivity index is 1.28. The molecule has 0 amide bonds. The minimum absolute atomic E-state index is 0.0739. The predicted molar refractivity (Wildman–Crippen MR) is 150 cm³/mol. The van der Waals surface area contributed by atoms with Gasteiger partial charge in [0.25, 0.3) is 0 Å². The van der Waals surface area contributed by atoms with Crippen LogP contribution in [0.1, 0.15) is 140 Å². The predicted octanol–water partition coefficient (Wildman–Crippen LogP) is 9.75. The highest BCUT2D eigenvalue weighted by molar-refractivity contribution is 5.55. The van der Waals surface area contributed by atoms with Crippen molar-refractivity contribution in [2.24, 2.45) is 11.3 Å². The standard InChI is InChI=1S/C33H47N3/c1-3-5-7-9-26-10-12-28(13-11-26)31-23-35-32(36-24-31)30-16-14-27(15-17-30)29-18-21-33(25-34,22-19-29)20-8-6-4-2/h14-17,23-24,26,28-29H,3-13,18-22H2,1-2H3/t26-,28-,29-,33-. The molecule has 0 radical (unpaired) electrons. The second kappa shape index (κ2) is 13.4. The molecule has 3 nitrogen and oxygen atoms in total. The summed E-state index contributed by atoms with van der Waals surface area (Å²) in [6, 6.07) is 11.6. The van der Waals surface area contributed by atoms with Crippen molar-refractivity contribution in [1.82, 2.24) is 9.97 Å². The maximum Gasteiger partial charge on any atom is 0.159 e. The van der Waals surface area contributed by atoms with Crippen LogP contribution in [-0.2, 0) is 0 Å². The SMILES string of the molecule is CCCCC[C@H]1CC[C@H](c2cnc(-c3ccc([C@H]4CC[C@@](C#N)(CCCCC)CC4)cc3)nc2)CC1. The second-order valence-corrected chi connectivity index (χ2v) is 11.8. The first-order valence-corrected chi connectivity index (χ1v) is 15.0. The van der Waals surface area contributed by atoms with E-state index in [2.05, 4.69) is 56.6 Å². The van der Waals surface area contributed by atoms with Crippen molar-refractivity contribution in [2.45, 2.75) is 128 Å².